The van der Waals surface area contributed by atoms with Crippen molar-refractivity contribution in [3.05, 3.63) is 0 Å². The Hall–Kier alpha value is -1.09. The van der Waals surface area contributed by atoms with Crippen LogP contribution in [0, 0.1) is 5.92 Å². The van der Waals surface area contributed by atoms with Crippen LogP contribution in [0.15, 0.2) is 0 Å². The molecule has 0 aliphatic rings. The maximum absolute atomic E-state index is 13.4. The normalized spacial score (nSPS) is 15.9. The van der Waals surface area contributed by atoms with Gasteiger partial charge in [-0.05, 0) is 18.8 Å². The molecule has 176 valence electrons. The number of rotatable bonds is 10. The number of alkyl halides is 15. The van der Waals surface area contributed by atoms with Crippen LogP contribution < -0.4 is 5.32 Å². The summed E-state index contributed by atoms with van der Waals surface area (Å²) < 4.78 is 194. The molecular formula is C13H15F15N+. The van der Waals surface area contributed by atoms with E-state index in [9.17, 15) is 65.9 Å². The minimum Gasteiger partial charge on any atom is -0.280 e. The van der Waals surface area contributed by atoms with E-state index in [-0.39, 0.29) is 18.8 Å². The number of quaternary nitrogens is 1. The predicted molar refractivity (Wildman–Crippen MR) is 66.6 cm³/mol. The van der Waals surface area contributed by atoms with Crippen LogP contribution in [0.2, 0.25) is 0 Å². The molecule has 0 fully saturated rings. The third-order valence-corrected chi connectivity index (χ3v) is 3.74. The first-order chi connectivity index (χ1) is 12.4. The molecule has 0 aliphatic heterocycles. The summed E-state index contributed by atoms with van der Waals surface area (Å²) in [6.45, 7) is 1.96. The Morgan fingerprint density at radius 2 is 0.897 bits per heavy atom. The van der Waals surface area contributed by atoms with Crippen molar-refractivity contribution in [3.63, 3.8) is 0 Å². The van der Waals surface area contributed by atoms with Crippen molar-refractivity contribution in [1.82, 2.24) is 0 Å². The summed E-state index contributed by atoms with van der Waals surface area (Å²) >= 11 is 0. The summed E-state index contributed by atoms with van der Waals surface area (Å²) in [6.07, 6.45) is -7.87. The minimum absolute atomic E-state index is 0.0700. The van der Waals surface area contributed by atoms with Gasteiger partial charge in [-0.3, -0.25) is 5.32 Å². The van der Waals surface area contributed by atoms with Gasteiger partial charge in [0.05, 0.1) is 6.54 Å². The highest BCUT2D eigenvalue weighted by molar-refractivity contribution is 5.11. The molecule has 29 heavy (non-hydrogen) atoms. The van der Waals surface area contributed by atoms with Gasteiger partial charge in [0.25, 0.3) is 0 Å². The molecule has 0 amide bonds. The molecule has 0 rings (SSSR count). The quantitative estimate of drug-likeness (QED) is 0.253. The van der Waals surface area contributed by atoms with E-state index >= 15 is 0 Å². The highest BCUT2D eigenvalue weighted by Crippen LogP contribution is 2.61. The lowest BCUT2D eigenvalue weighted by Crippen LogP contribution is -3.00. The number of hydrogen-bond acceptors (Lipinski definition) is 0. The van der Waals surface area contributed by atoms with E-state index in [0.29, 0.717) is 0 Å². The molecule has 0 bridgehead atoms. The second-order valence-corrected chi connectivity index (χ2v) is 6.52. The van der Waals surface area contributed by atoms with Gasteiger partial charge in [0.15, 0.2) is 0 Å². The van der Waals surface area contributed by atoms with Crippen molar-refractivity contribution in [2.75, 3.05) is 6.54 Å². The van der Waals surface area contributed by atoms with Gasteiger partial charge in [0.2, 0.25) is 0 Å². The topological polar surface area (TPSA) is 16.6 Å². The zero-order valence-electron chi connectivity index (χ0n) is 14.4. The number of halogens is 15. The molecule has 2 N–H and O–H groups in total. The number of hydrogen-bond donors (Lipinski definition) is 1. The van der Waals surface area contributed by atoms with Crippen molar-refractivity contribution in [1.29, 1.82) is 0 Å². The molecule has 0 aromatic carbocycles. The molecule has 0 unspecified atom stereocenters. The Labute approximate surface area is 153 Å². The Balaban J connectivity index is 6.03. The van der Waals surface area contributed by atoms with Crippen LogP contribution in [0.1, 0.15) is 26.7 Å². The Kier molecular flexibility index (Phi) is 7.57. The lowest BCUT2D eigenvalue weighted by atomic mass is 9.93. The molecule has 0 saturated heterocycles. The molecule has 0 heterocycles. The fourth-order valence-electron chi connectivity index (χ4n) is 1.92. The zero-order chi connectivity index (χ0) is 23.9. The van der Waals surface area contributed by atoms with Gasteiger partial charge in [-0.15, -0.1) is 8.78 Å². The van der Waals surface area contributed by atoms with E-state index in [1.54, 1.807) is 0 Å². The SMILES string of the molecule is CC(C)CCC[NH2+]C(F)(F)C(F)(F)C(F)(F)C(F)(F)C(F)(F)C(F)(F)C(F)(F)F. The van der Waals surface area contributed by atoms with Crippen LogP contribution in [0.5, 0.6) is 0 Å². The standard InChI is InChI=1S/C13H14F15N/c1-6(2)4-3-5-29-13(27,28)11(22,23)9(18,19)7(14,15)8(16,17)10(20,21)12(24,25)26/h6,29H,3-5H2,1-2H3/p+1. The van der Waals surface area contributed by atoms with Crippen molar-refractivity contribution in [2.24, 2.45) is 5.92 Å². The summed E-state index contributed by atoms with van der Waals surface area (Å²) in [6, 6.07) is -6.25. The van der Waals surface area contributed by atoms with Gasteiger partial charge in [0.1, 0.15) is 0 Å². The van der Waals surface area contributed by atoms with E-state index in [1.165, 1.54) is 13.8 Å². The monoisotopic (exact) mass is 470 g/mol. The van der Waals surface area contributed by atoms with E-state index in [1.807, 2.05) is 0 Å². The molecule has 0 aromatic rings. The van der Waals surface area contributed by atoms with Gasteiger partial charge >= 0.3 is 41.8 Å². The van der Waals surface area contributed by atoms with E-state index in [2.05, 4.69) is 0 Å². The van der Waals surface area contributed by atoms with Crippen molar-refractivity contribution >= 4 is 0 Å². The summed E-state index contributed by atoms with van der Waals surface area (Å²) in [5.41, 5.74) is 0. The fraction of sp³-hybridized carbons (Fsp3) is 1.00. The lowest BCUT2D eigenvalue weighted by Gasteiger charge is -2.40. The van der Waals surface area contributed by atoms with Crippen molar-refractivity contribution in [3.8, 4) is 0 Å². The Bertz CT molecular complexity index is 549. The summed E-state index contributed by atoms with van der Waals surface area (Å²) in [7, 11) is 0. The van der Waals surface area contributed by atoms with Crippen LogP contribution in [-0.2, 0) is 0 Å². The maximum Gasteiger partial charge on any atom is 0.460 e. The smallest absolute Gasteiger partial charge is 0.280 e. The Morgan fingerprint density at radius 3 is 1.24 bits per heavy atom. The molecule has 0 aliphatic carbocycles. The number of nitrogens with two attached hydrogens (primary N) is 1. The van der Waals surface area contributed by atoms with Crippen LogP contribution in [0.25, 0.3) is 0 Å². The zero-order valence-corrected chi connectivity index (χ0v) is 14.4. The summed E-state index contributed by atoms with van der Waals surface area (Å²) in [5, 5.41) is -0.917. The molecule has 16 heteroatoms. The van der Waals surface area contributed by atoms with Crippen molar-refractivity contribution < 1.29 is 71.2 Å². The fourth-order valence-corrected chi connectivity index (χ4v) is 1.92. The average molecular weight is 470 g/mol. The Morgan fingerprint density at radius 1 is 0.552 bits per heavy atom. The molecule has 0 atom stereocenters. The van der Waals surface area contributed by atoms with E-state index < -0.39 is 53.7 Å². The van der Waals surface area contributed by atoms with Gasteiger partial charge in [-0.25, -0.2) is 0 Å². The maximum atomic E-state index is 13.4. The summed E-state index contributed by atoms with van der Waals surface area (Å²) in [5.74, 6) is -40.0. The third kappa shape index (κ3) is 4.50. The van der Waals surface area contributed by atoms with Gasteiger partial charge < -0.3 is 0 Å². The third-order valence-electron chi connectivity index (χ3n) is 3.74. The first-order valence-corrected chi connectivity index (χ1v) is 7.59. The molecule has 0 saturated carbocycles. The molecule has 0 spiro atoms. The van der Waals surface area contributed by atoms with E-state index in [4.69, 9.17) is 0 Å². The van der Waals surface area contributed by atoms with Crippen molar-refractivity contribution in [2.45, 2.75) is 68.5 Å². The second-order valence-electron chi connectivity index (χ2n) is 6.52. The molecular weight excluding hydrogens is 455 g/mol. The first-order valence-electron chi connectivity index (χ1n) is 7.59. The van der Waals surface area contributed by atoms with Crippen LogP contribution in [0.3, 0.4) is 0 Å². The second kappa shape index (κ2) is 7.87. The molecule has 1 nitrogen and oxygen atoms in total. The lowest BCUT2D eigenvalue weighted by molar-refractivity contribution is -0.809. The summed E-state index contributed by atoms with van der Waals surface area (Å²) in [4.78, 5) is 0. The predicted octanol–water partition coefficient (Wildman–Crippen LogP) is 5.32. The van der Waals surface area contributed by atoms with Crippen LogP contribution >= 0.6 is 0 Å². The van der Waals surface area contributed by atoms with Gasteiger partial charge in [-0.1, -0.05) is 13.8 Å². The van der Waals surface area contributed by atoms with Crippen LogP contribution in [0.4, 0.5) is 65.9 Å². The average Bonchev–Trinajstić information content (AvgIpc) is 2.49. The highest BCUT2D eigenvalue weighted by Gasteiger charge is 2.94. The highest BCUT2D eigenvalue weighted by atomic mass is 19.4. The molecule has 0 aromatic heterocycles. The molecule has 0 radical (unpaired) electrons. The minimum atomic E-state index is -8.22. The van der Waals surface area contributed by atoms with E-state index in [0.717, 1.165) is 0 Å². The van der Waals surface area contributed by atoms with Crippen LogP contribution in [-0.4, -0.2) is 48.4 Å². The first kappa shape index (κ1) is 27.9. The largest absolute Gasteiger partial charge is 0.460 e. The van der Waals surface area contributed by atoms with Gasteiger partial charge in [-0.2, -0.15) is 57.1 Å². The van der Waals surface area contributed by atoms with Gasteiger partial charge in [0, 0.05) is 0 Å².